The minimum Gasteiger partial charge on any atom is -0.460 e. The van der Waals surface area contributed by atoms with Gasteiger partial charge < -0.3 is 4.74 Å². The molecule has 4 rings (SSSR count). The van der Waals surface area contributed by atoms with Gasteiger partial charge in [0, 0.05) is 11.1 Å². The Morgan fingerprint density at radius 2 is 1.72 bits per heavy atom. The van der Waals surface area contributed by atoms with Crippen molar-refractivity contribution in [3.63, 3.8) is 0 Å². The molecule has 0 spiro atoms. The van der Waals surface area contributed by atoms with Crippen LogP contribution in [0.3, 0.4) is 0 Å². The minimum atomic E-state index is -0.555. The summed E-state index contributed by atoms with van der Waals surface area (Å²) in [5.74, 6) is 1.09. The fourth-order valence-electron chi connectivity index (χ4n) is 3.55. The third-order valence-electron chi connectivity index (χ3n) is 4.66. The monoisotopic (exact) mass is 388 g/mol. The van der Waals surface area contributed by atoms with E-state index >= 15 is 0 Å². The Kier molecular flexibility index (Phi) is 4.78. The lowest BCUT2D eigenvalue weighted by Gasteiger charge is -2.20. The molecule has 0 amide bonds. The molecule has 6 heteroatoms. The number of nitrogens with zero attached hydrogens (tertiary/aromatic N) is 4. The molecule has 0 fully saturated rings. The molecule has 1 aromatic heterocycles. The molecule has 0 saturated heterocycles. The van der Waals surface area contributed by atoms with Crippen LogP contribution in [0.15, 0.2) is 59.6 Å². The zero-order valence-corrected chi connectivity index (χ0v) is 17.1. The molecule has 2 aromatic carbocycles. The van der Waals surface area contributed by atoms with E-state index in [1.54, 1.807) is 0 Å². The maximum Gasteiger partial charge on any atom is 0.308 e. The predicted octanol–water partition coefficient (Wildman–Crippen LogP) is 4.20. The quantitative estimate of drug-likeness (QED) is 0.631. The molecule has 1 atom stereocenters. The fourth-order valence-corrected chi connectivity index (χ4v) is 3.55. The Labute approximate surface area is 170 Å². The number of esters is 1. The van der Waals surface area contributed by atoms with Crippen molar-refractivity contribution in [2.45, 2.75) is 45.8 Å². The van der Waals surface area contributed by atoms with Crippen molar-refractivity contribution in [3.8, 4) is 5.69 Å². The third-order valence-corrected chi connectivity index (χ3v) is 4.66. The Hall–Kier alpha value is -3.28. The number of aryl methyl sites for hydroxylation is 1. The maximum absolute atomic E-state index is 12.6. The highest BCUT2D eigenvalue weighted by Gasteiger charge is 2.30. The lowest BCUT2D eigenvalue weighted by Crippen LogP contribution is -2.25. The maximum atomic E-state index is 12.6. The van der Waals surface area contributed by atoms with Crippen LogP contribution >= 0.6 is 0 Å². The van der Waals surface area contributed by atoms with E-state index in [0.717, 1.165) is 28.4 Å². The van der Waals surface area contributed by atoms with Gasteiger partial charge in [0.15, 0.2) is 5.82 Å². The lowest BCUT2D eigenvalue weighted by molar-refractivity contribution is -0.155. The van der Waals surface area contributed by atoms with Gasteiger partial charge in [-0.3, -0.25) is 14.4 Å². The molecule has 3 aromatic rings. The van der Waals surface area contributed by atoms with Crippen LogP contribution in [0.2, 0.25) is 0 Å². The fraction of sp³-hybridized carbons (Fsp3) is 0.304. The molecule has 6 nitrogen and oxygen atoms in total. The minimum absolute atomic E-state index is 0.0969. The van der Waals surface area contributed by atoms with Gasteiger partial charge in [-0.25, -0.2) is 0 Å². The first-order valence-corrected chi connectivity index (χ1v) is 9.70. The summed E-state index contributed by atoms with van der Waals surface area (Å²) >= 11 is 0. The van der Waals surface area contributed by atoms with Crippen LogP contribution < -0.4 is 0 Å². The van der Waals surface area contributed by atoms with Gasteiger partial charge in [-0.05, 0) is 33.8 Å². The largest absolute Gasteiger partial charge is 0.460 e. The highest BCUT2D eigenvalue weighted by Crippen LogP contribution is 2.32. The van der Waals surface area contributed by atoms with E-state index in [4.69, 9.17) is 9.73 Å². The number of carbonyl (C=O) groups excluding carboxylic acids is 1. The van der Waals surface area contributed by atoms with Crippen molar-refractivity contribution in [1.29, 1.82) is 0 Å². The predicted molar refractivity (Wildman–Crippen MR) is 111 cm³/mol. The molecule has 0 unspecified atom stereocenters. The summed E-state index contributed by atoms with van der Waals surface area (Å²) < 4.78 is 7.55. The number of hydrogen-bond acceptors (Lipinski definition) is 5. The molecule has 1 aliphatic rings. The van der Waals surface area contributed by atoms with Gasteiger partial charge in [0.05, 0.1) is 17.8 Å². The summed E-state index contributed by atoms with van der Waals surface area (Å²) in [6, 6.07) is 17.6. The van der Waals surface area contributed by atoms with Crippen molar-refractivity contribution >= 4 is 11.7 Å². The molecule has 0 radical (unpaired) electrons. The second-order valence-electron chi connectivity index (χ2n) is 8.11. The average molecular weight is 388 g/mol. The van der Waals surface area contributed by atoms with E-state index in [9.17, 15) is 4.79 Å². The number of aliphatic imine (C=N–C) groups is 1. The summed E-state index contributed by atoms with van der Waals surface area (Å²) in [5.41, 5.74) is 3.21. The molecular weight excluding hydrogens is 364 g/mol. The lowest BCUT2D eigenvalue weighted by atomic mass is 10.0. The van der Waals surface area contributed by atoms with Gasteiger partial charge in [-0.2, -0.15) is 0 Å². The number of benzene rings is 2. The molecule has 1 aliphatic heterocycles. The van der Waals surface area contributed by atoms with Crippen LogP contribution in [-0.4, -0.2) is 32.0 Å². The average Bonchev–Trinajstić information content (AvgIpc) is 2.99. The summed E-state index contributed by atoms with van der Waals surface area (Å²) in [6.07, 6.45) is 0.0969. The first kappa shape index (κ1) is 19.1. The zero-order valence-electron chi connectivity index (χ0n) is 17.1. The number of aromatic nitrogens is 3. The number of hydrogen-bond donors (Lipinski definition) is 0. The van der Waals surface area contributed by atoms with E-state index in [1.165, 1.54) is 0 Å². The van der Waals surface area contributed by atoms with Crippen LogP contribution in [-0.2, 0) is 9.53 Å². The Balaban J connectivity index is 1.87. The second-order valence-corrected chi connectivity index (χ2v) is 8.11. The van der Waals surface area contributed by atoms with Crippen molar-refractivity contribution in [2.24, 2.45) is 4.99 Å². The molecule has 0 aliphatic carbocycles. The van der Waals surface area contributed by atoms with E-state index in [-0.39, 0.29) is 12.4 Å². The standard InChI is InChI=1S/C23H24N4O2/c1-15-25-26-22-18(14-20(28)29-23(2,3)4)24-21(16-10-6-5-7-11-16)17-12-8-9-13-19(17)27(15)22/h5-13,18H,14H2,1-4H3/t18-/m0/s1. The van der Waals surface area contributed by atoms with Crippen molar-refractivity contribution in [3.05, 3.63) is 77.4 Å². The van der Waals surface area contributed by atoms with Crippen LogP contribution in [0.4, 0.5) is 0 Å². The summed E-state index contributed by atoms with van der Waals surface area (Å²) in [7, 11) is 0. The van der Waals surface area contributed by atoms with Crippen LogP contribution in [0.1, 0.15) is 56.0 Å². The normalized spacial score (nSPS) is 15.7. The van der Waals surface area contributed by atoms with Gasteiger partial charge in [0.1, 0.15) is 17.5 Å². The molecule has 0 bridgehead atoms. The van der Waals surface area contributed by atoms with Crippen molar-refractivity contribution in [1.82, 2.24) is 14.8 Å². The Morgan fingerprint density at radius 1 is 1.03 bits per heavy atom. The smallest absolute Gasteiger partial charge is 0.308 e. The molecular formula is C23H24N4O2. The van der Waals surface area contributed by atoms with Crippen molar-refractivity contribution in [2.75, 3.05) is 0 Å². The van der Waals surface area contributed by atoms with E-state index in [1.807, 2.05) is 86.9 Å². The first-order chi connectivity index (χ1) is 13.8. The topological polar surface area (TPSA) is 69.4 Å². The van der Waals surface area contributed by atoms with Gasteiger partial charge in [0.2, 0.25) is 0 Å². The molecule has 29 heavy (non-hydrogen) atoms. The van der Waals surface area contributed by atoms with Gasteiger partial charge in [-0.15, -0.1) is 10.2 Å². The molecule has 2 heterocycles. The van der Waals surface area contributed by atoms with E-state index < -0.39 is 11.6 Å². The molecule has 0 saturated carbocycles. The summed E-state index contributed by atoms with van der Waals surface area (Å²) in [5, 5.41) is 8.63. The van der Waals surface area contributed by atoms with Crippen LogP contribution in [0.5, 0.6) is 0 Å². The van der Waals surface area contributed by atoms with E-state index in [0.29, 0.717) is 5.82 Å². The highest BCUT2D eigenvalue weighted by atomic mass is 16.6. The Bertz CT molecular complexity index is 1080. The summed E-state index contributed by atoms with van der Waals surface area (Å²) in [4.78, 5) is 17.6. The Morgan fingerprint density at radius 3 is 2.45 bits per heavy atom. The third kappa shape index (κ3) is 3.83. The highest BCUT2D eigenvalue weighted by molar-refractivity contribution is 6.15. The van der Waals surface area contributed by atoms with Crippen molar-refractivity contribution < 1.29 is 9.53 Å². The number of fused-ring (bicyclic) bond motifs is 3. The van der Waals surface area contributed by atoms with Gasteiger partial charge in [-0.1, -0.05) is 48.5 Å². The van der Waals surface area contributed by atoms with Crippen LogP contribution in [0, 0.1) is 6.92 Å². The summed E-state index contributed by atoms with van der Waals surface area (Å²) in [6.45, 7) is 7.49. The number of carbonyl (C=O) groups is 1. The molecule has 148 valence electrons. The zero-order chi connectivity index (χ0) is 20.6. The number of rotatable bonds is 3. The second kappa shape index (κ2) is 7.28. The number of para-hydroxylation sites is 1. The van der Waals surface area contributed by atoms with Crippen LogP contribution in [0.25, 0.3) is 5.69 Å². The first-order valence-electron chi connectivity index (χ1n) is 9.70. The van der Waals surface area contributed by atoms with Gasteiger partial charge >= 0.3 is 5.97 Å². The van der Waals surface area contributed by atoms with E-state index in [2.05, 4.69) is 10.2 Å². The molecule has 0 N–H and O–H groups in total. The van der Waals surface area contributed by atoms with Gasteiger partial charge in [0.25, 0.3) is 0 Å². The number of ether oxygens (including phenoxy) is 1. The SMILES string of the molecule is Cc1nnc2n1-c1ccccc1C(c1ccccc1)=N[C@H]2CC(=O)OC(C)(C)C.